The maximum absolute atomic E-state index is 4.96. The zero-order chi connectivity index (χ0) is 28.9. The van der Waals surface area contributed by atoms with Crippen LogP contribution in [0.25, 0.3) is 11.3 Å². The summed E-state index contributed by atoms with van der Waals surface area (Å²) >= 11 is 0. The van der Waals surface area contributed by atoms with Crippen molar-refractivity contribution in [1.82, 2.24) is 0 Å². The molecule has 3 aliphatic rings. The minimum absolute atomic E-state index is 0.361. The summed E-state index contributed by atoms with van der Waals surface area (Å²) in [7, 11) is 0. The van der Waals surface area contributed by atoms with Gasteiger partial charge in [-0.2, -0.15) is 4.57 Å². The van der Waals surface area contributed by atoms with Crippen LogP contribution in [0.4, 0.5) is 0 Å². The van der Waals surface area contributed by atoms with Crippen LogP contribution in [-0.4, -0.2) is 0 Å². The molecule has 2 heterocycles. The highest BCUT2D eigenvalue weighted by molar-refractivity contribution is 5.86. The van der Waals surface area contributed by atoms with E-state index in [0.29, 0.717) is 0 Å². The molecule has 0 bridgehead atoms. The second-order valence-electron chi connectivity index (χ2n) is 8.38. The summed E-state index contributed by atoms with van der Waals surface area (Å²) in [5, 5.41) is 0. The topological polar surface area (TPSA) is 3.88 Å². The van der Waals surface area contributed by atoms with Crippen LogP contribution < -0.4 is 4.57 Å². The molecule has 0 N–H and O–H groups in total. The Hall–Kier alpha value is -7.43. The van der Waals surface area contributed by atoms with Crippen molar-refractivity contribution in [2.45, 2.75) is 12.0 Å². The Kier molecular flexibility index (Phi) is 8.03. The molecule has 1 aromatic carbocycles. The normalized spacial score (nSPS) is 13.1. The number of hydrogen-bond acceptors (Lipinski definition) is 0. The van der Waals surface area contributed by atoms with E-state index in [2.05, 4.69) is 195 Å². The van der Waals surface area contributed by atoms with E-state index in [1.54, 1.807) is 0 Å². The number of benzene rings is 1. The predicted octanol–water partition coefficient (Wildman–Crippen LogP) is 2.77. The summed E-state index contributed by atoms with van der Waals surface area (Å²) in [5.74, 6) is 59.4. The van der Waals surface area contributed by atoms with E-state index in [1.807, 2.05) is 0 Å². The SMILES string of the molecule is C#CC#CC#CC#CC#CC#CC#CC#CC#CC#CC#CC#CC1=CC=CC12c1cccc3c1-c1c2ccc[n+]1C3. The van der Waals surface area contributed by atoms with Gasteiger partial charge in [-0.25, -0.2) is 0 Å². The number of allylic oxidation sites excluding steroid dienone is 4. The van der Waals surface area contributed by atoms with Crippen molar-refractivity contribution >= 4 is 0 Å². The minimum Gasteiger partial charge on any atom is -0.194 e. The largest absolute Gasteiger partial charge is 0.218 e. The molecule has 0 radical (unpaired) electrons. The first kappa shape index (κ1) is 26.2. The fourth-order valence-corrected chi connectivity index (χ4v) is 4.80. The molecule has 1 atom stereocenters. The van der Waals surface area contributed by atoms with Gasteiger partial charge in [0.05, 0.1) is 11.0 Å². The van der Waals surface area contributed by atoms with Gasteiger partial charge < -0.3 is 0 Å². The third-order valence-electron chi connectivity index (χ3n) is 6.20. The van der Waals surface area contributed by atoms with Gasteiger partial charge in [-0.05, 0) is 112 Å². The molecule has 5 rings (SSSR count). The Bertz CT molecular complexity index is 2340. The fourth-order valence-electron chi connectivity index (χ4n) is 4.80. The van der Waals surface area contributed by atoms with Gasteiger partial charge in [-0.15, -0.1) is 6.42 Å². The number of pyridine rings is 1. The highest BCUT2D eigenvalue weighted by Crippen LogP contribution is 2.56. The smallest absolute Gasteiger partial charge is 0.194 e. The zero-order valence-corrected chi connectivity index (χ0v) is 21.9. The summed E-state index contributed by atoms with van der Waals surface area (Å²) in [6.07, 6.45) is 13.5. The van der Waals surface area contributed by atoms with Crippen molar-refractivity contribution in [3.8, 4) is 154 Å². The molecule has 1 heteroatoms. The van der Waals surface area contributed by atoms with Crippen molar-refractivity contribution in [1.29, 1.82) is 0 Å². The molecule has 1 unspecified atom stereocenters. The summed E-state index contributed by atoms with van der Waals surface area (Å²) in [6.45, 7) is 0.910. The maximum atomic E-state index is 4.96. The highest BCUT2D eigenvalue weighted by atomic mass is 15.0. The van der Waals surface area contributed by atoms with E-state index < -0.39 is 0 Å². The van der Waals surface area contributed by atoms with Gasteiger partial charge in [-0.1, -0.05) is 36.3 Å². The number of nitrogens with zero attached hydrogens (tertiary/aromatic N) is 1. The number of aromatic nitrogens is 1. The van der Waals surface area contributed by atoms with E-state index >= 15 is 0 Å². The van der Waals surface area contributed by atoms with Gasteiger partial charge in [0, 0.05) is 58.3 Å². The Labute approximate surface area is 246 Å². The predicted molar refractivity (Wildman–Crippen MR) is 164 cm³/mol. The summed E-state index contributed by atoms with van der Waals surface area (Å²) in [5.41, 5.74) is 7.19. The molecule has 0 amide bonds. The maximum Gasteiger partial charge on any atom is 0.218 e. The van der Waals surface area contributed by atoms with Gasteiger partial charge in [0.1, 0.15) is 0 Å². The summed E-state index contributed by atoms with van der Waals surface area (Å²) < 4.78 is 2.32. The molecule has 2 aliphatic carbocycles. The molecule has 42 heavy (non-hydrogen) atoms. The fraction of sp³-hybridized carbons (Fsp3) is 0.0488. The lowest BCUT2D eigenvalue weighted by Gasteiger charge is -2.25. The van der Waals surface area contributed by atoms with Crippen molar-refractivity contribution < 1.29 is 4.57 Å². The van der Waals surface area contributed by atoms with E-state index in [0.717, 1.165) is 12.1 Å². The highest BCUT2D eigenvalue weighted by Gasteiger charge is 2.52. The molecule has 1 aromatic heterocycles. The molecule has 0 saturated heterocycles. The zero-order valence-electron chi connectivity index (χ0n) is 21.9. The summed E-state index contributed by atoms with van der Waals surface area (Å²) in [4.78, 5) is 0. The third kappa shape index (κ3) is 5.39. The van der Waals surface area contributed by atoms with E-state index in [-0.39, 0.29) is 5.41 Å². The first-order valence-electron chi connectivity index (χ1n) is 12.4. The number of terminal acetylenes is 1. The molecule has 1 spiro atoms. The number of rotatable bonds is 0. The second-order valence-corrected chi connectivity index (χ2v) is 8.38. The number of fused-ring (bicyclic) bond motifs is 2. The molecular formula is C41H12N+. The average Bonchev–Trinajstić information content (AvgIpc) is 3.69. The van der Waals surface area contributed by atoms with Gasteiger partial charge in [-0.3, -0.25) is 0 Å². The molecule has 1 nitrogen and oxygen atoms in total. The molecule has 2 aromatic rings. The molecule has 0 fully saturated rings. The van der Waals surface area contributed by atoms with Crippen molar-refractivity contribution in [2.24, 2.45) is 0 Å². The monoisotopic (exact) mass is 518 g/mol. The van der Waals surface area contributed by atoms with E-state index in [9.17, 15) is 0 Å². The van der Waals surface area contributed by atoms with Crippen LogP contribution in [0.1, 0.15) is 16.7 Å². The van der Waals surface area contributed by atoms with Gasteiger partial charge in [0.15, 0.2) is 12.7 Å². The Morgan fingerprint density at radius 1 is 0.595 bits per heavy atom. The van der Waals surface area contributed by atoms with Gasteiger partial charge in [0.25, 0.3) is 0 Å². The van der Waals surface area contributed by atoms with Crippen molar-refractivity contribution in [2.75, 3.05) is 0 Å². The van der Waals surface area contributed by atoms with Crippen LogP contribution in [0.5, 0.6) is 0 Å². The van der Waals surface area contributed by atoms with Crippen LogP contribution in [0, 0.1) is 143 Å². The minimum atomic E-state index is -0.361. The van der Waals surface area contributed by atoms with Crippen LogP contribution in [0.3, 0.4) is 0 Å². The van der Waals surface area contributed by atoms with Crippen LogP contribution in [0.2, 0.25) is 0 Å². The van der Waals surface area contributed by atoms with E-state index in [4.69, 9.17) is 6.42 Å². The standard InChI is InChI=1S/C41H12N/c1-2-3-4-5-6-7-8-9-10-11-12-13-14-15-16-17-18-19-20-21-22-23-28-36-29-25-32-41(36)37-30-24-27-35-34-42-33-26-31-38(41)40(42)39(35)37/h1,24-27,29-33H,34H2/q+1. The van der Waals surface area contributed by atoms with Gasteiger partial charge in [0.2, 0.25) is 5.69 Å². The molecule has 180 valence electrons. The lowest BCUT2D eigenvalue weighted by atomic mass is 9.74. The quantitative estimate of drug-likeness (QED) is 0.319. The van der Waals surface area contributed by atoms with Crippen LogP contribution in [0.15, 0.2) is 60.3 Å². The lowest BCUT2D eigenvalue weighted by molar-refractivity contribution is -0.672. The van der Waals surface area contributed by atoms with Crippen molar-refractivity contribution in [3.63, 3.8) is 0 Å². The van der Waals surface area contributed by atoms with Crippen LogP contribution in [-0.2, 0) is 12.0 Å². The Balaban J connectivity index is 1.17. The first-order valence-corrected chi connectivity index (χ1v) is 12.4. The van der Waals surface area contributed by atoms with E-state index in [1.165, 1.54) is 27.9 Å². The Morgan fingerprint density at radius 3 is 1.69 bits per heavy atom. The number of hydrogen-bond donors (Lipinski definition) is 0. The van der Waals surface area contributed by atoms with Crippen molar-refractivity contribution in [3.05, 3.63) is 77.0 Å². The second kappa shape index (κ2) is 12.9. The van der Waals surface area contributed by atoms with Crippen LogP contribution >= 0.6 is 0 Å². The first-order chi connectivity index (χ1) is 20.9. The lowest BCUT2D eigenvalue weighted by Crippen LogP contribution is -2.34. The van der Waals surface area contributed by atoms with Gasteiger partial charge >= 0.3 is 0 Å². The molecule has 1 aliphatic heterocycles. The molecule has 0 saturated carbocycles. The third-order valence-corrected chi connectivity index (χ3v) is 6.20. The summed E-state index contributed by atoms with van der Waals surface area (Å²) in [6, 6.07) is 10.9. The Morgan fingerprint density at radius 2 is 1.12 bits per heavy atom. The molecular weight excluding hydrogens is 506 g/mol. The average molecular weight is 519 g/mol.